The maximum Gasteiger partial charge on any atom is 0.272 e. The highest BCUT2D eigenvalue weighted by molar-refractivity contribution is 7.88. The van der Waals surface area contributed by atoms with Crippen LogP contribution < -0.4 is 15.6 Å². The van der Waals surface area contributed by atoms with Gasteiger partial charge in [0.1, 0.15) is 5.69 Å². The van der Waals surface area contributed by atoms with E-state index in [4.69, 9.17) is 0 Å². The number of hydrogen-bond donors (Lipinski definition) is 2. The predicted octanol–water partition coefficient (Wildman–Crippen LogP) is 1.21. The van der Waals surface area contributed by atoms with Crippen molar-refractivity contribution in [1.29, 1.82) is 0 Å². The summed E-state index contributed by atoms with van der Waals surface area (Å²) < 4.78 is 26.6. The minimum absolute atomic E-state index is 0.110. The molecule has 8 nitrogen and oxygen atoms in total. The van der Waals surface area contributed by atoms with Crippen LogP contribution in [0.1, 0.15) is 21.6 Å². The molecule has 0 unspecified atom stereocenters. The van der Waals surface area contributed by atoms with Crippen molar-refractivity contribution in [2.75, 3.05) is 7.05 Å². The van der Waals surface area contributed by atoms with Crippen molar-refractivity contribution in [3.8, 4) is 5.69 Å². The first-order valence-electron chi connectivity index (χ1n) is 8.81. The second kappa shape index (κ2) is 8.80. The molecule has 0 spiro atoms. The van der Waals surface area contributed by atoms with Crippen molar-refractivity contribution in [1.82, 2.24) is 19.8 Å². The van der Waals surface area contributed by atoms with Crippen LogP contribution in [0.4, 0.5) is 0 Å². The SMILES string of the molecule is CNS(=O)(=O)Cc1ccc(CNC(=O)c2ccc(=O)n(-c3ccccc3)n2)cc1. The number of carbonyl (C=O) groups is 1. The van der Waals surface area contributed by atoms with Gasteiger partial charge in [0.25, 0.3) is 11.5 Å². The van der Waals surface area contributed by atoms with Gasteiger partial charge < -0.3 is 5.32 Å². The lowest BCUT2D eigenvalue weighted by Gasteiger charge is -2.08. The molecule has 3 rings (SSSR count). The zero-order chi connectivity index (χ0) is 20.9. The summed E-state index contributed by atoms with van der Waals surface area (Å²) in [6, 6.07) is 18.4. The standard InChI is InChI=1S/C20H20N4O4S/c1-21-29(27,28)14-16-9-7-15(8-10-16)13-22-20(26)18-11-12-19(25)24(23-18)17-5-3-2-4-6-17/h2-12,21H,13-14H2,1H3,(H,22,26). The maximum absolute atomic E-state index is 12.4. The predicted molar refractivity (Wildman–Crippen MR) is 109 cm³/mol. The van der Waals surface area contributed by atoms with Crippen LogP contribution in [0.15, 0.2) is 71.5 Å². The van der Waals surface area contributed by atoms with Gasteiger partial charge in [-0.25, -0.2) is 13.1 Å². The van der Waals surface area contributed by atoms with Crippen LogP contribution >= 0.6 is 0 Å². The first-order chi connectivity index (χ1) is 13.9. The van der Waals surface area contributed by atoms with E-state index in [1.807, 2.05) is 6.07 Å². The Balaban J connectivity index is 1.68. The highest BCUT2D eigenvalue weighted by Crippen LogP contribution is 2.08. The highest BCUT2D eigenvalue weighted by atomic mass is 32.2. The maximum atomic E-state index is 12.4. The molecule has 3 aromatic rings. The minimum Gasteiger partial charge on any atom is -0.347 e. The summed E-state index contributed by atoms with van der Waals surface area (Å²) >= 11 is 0. The van der Waals surface area contributed by atoms with Gasteiger partial charge >= 0.3 is 0 Å². The molecule has 0 saturated heterocycles. The van der Waals surface area contributed by atoms with E-state index >= 15 is 0 Å². The molecule has 2 N–H and O–H groups in total. The van der Waals surface area contributed by atoms with Crippen LogP contribution in [0.2, 0.25) is 0 Å². The summed E-state index contributed by atoms with van der Waals surface area (Å²) in [5, 5.41) is 6.88. The van der Waals surface area contributed by atoms with Gasteiger partial charge in [-0.15, -0.1) is 0 Å². The van der Waals surface area contributed by atoms with Crippen LogP contribution in [-0.2, 0) is 22.3 Å². The number of para-hydroxylation sites is 1. The molecule has 150 valence electrons. The molecular formula is C20H20N4O4S. The lowest BCUT2D eigenvalue weighted by molar-refractivity contribution is 0.0944. The first-order valence-corrected chi connectivity index (χ1v) is 10.5. The molecule has 0 saturated carbocycles. The minimum atomic E-state index is -3.33. The Labute approximate surface area is 168 Å². The Hall–Kier alpha value is -3.30. The van der Waals surface area contributed by atoms with E-state index in [0.717, 1.165) is 5.56 Å². The fourth-order valence-corrected chi connectivity index (χ4v) is 3.38. The largest absolute Gasteiger partial charge is 0.347 e. The van der Waals surface area contributed by atoms with Crippen molar-refractivity contribution < 1.29 is 13.2 Å². The number of sulfonamides is 1. The van der Waals surface area contributed by atoms with Crippen molar-refractivity contribution in [2.45, 2.75) is 12.3 Å². The average molecular weight is 412 g/mol. The number of benzene rings is 2. The number of aromatic nitrogens is 2. The Morgan fingerprint density at radius 1 is 0.966 bits per heavy atom. The zero-order valence-corrected chi connectivity index (χ0v) is 16.5. The van der Waals surface area contributed by atoms with Crippen molar-refractivity contribution in [3.05, 3.63) is 93.9 Å². The molecule has 2 aromatic carbocycles. The van der Waals surface area contributed by atoms with E-state index in [1.54, 1.807) is 48.5 Å². The van der Waals surface area contributed by atoms with Crippen molar-refractivity contribution >= 4 is 15.9 Å². The number of hydrogen-bond acceptors (Lipinski definition) is 5. The molecule has 0 atom stereocenters. The second-order valence-electron chi connectivity index (χ2n) is 6.27. The number of amides is 1. The summed E-state index contributed by atoms with van der Waals surface area (Å²) in [5.74, 6) is -0.530. The molecule has 1 amide bonds. The molecule has 0 bridgehead atoms. The number of nitrogens with zero attached hydrogens (tertiary/aromatic N) is 2. The van der Waals surface area contributed by atoms with E-state index in [9.17, 15) is 18.0 Å². The molecular weight excluding hydrogens is 392 g/mol. The lowest BCUT2D eigenvalue weighted by atomic mass is 10.1. The summed E-state index contributed by atoms with van der Waals surface area (Å²) in [5.41, 5.74) is 1.80. The van der Waals surface area contributed by atoms with Gasteiger partial charge in [-0.1, -0.05) is 42.5 Å². The lowest BCUT2D eigenvalue weighted by Crippen LogP contribution is -2.28. The monoisotopic (exact) mass is 412 g/mol. The fraction of sp³-hybridized carbons (Fsp3) is 0.150. The summed E-state index contributed by atoms with van der Waals surface area (Å²) in [7, 11) is -1.96. The normalized spacial score (nSPS) is 11.2. The molecule has 9 heteroatoms. The van der Waals surface area contributed by atoms with E-state index in [2.05, 4.69) is 15.1 Å². The molecule has 29 heavy (non-hydrogen) atoms. The third-order valence-electron chi connectivity index (χ3n) is 4.18. The molecule has 1 aromatic heterocycles. The van der Waals surface area contributed by atoms with Gasteiger partial charge in [0, 0.05) is 12.6 Å². The Kier molecular flexibility index (Phi) is 6.20. The third kappa shape index (κ3) is 5.37. The topological polar surface area (TPSA) is 110 Å². The van der Waals surface area contributed by atoms with E-state index in [1.165, 1.54) is 23.9 Å². The van der Waals surface area contributed by atoms with Gasteiger partial charge in [-0.2, -0.15) is 9.78 Å². The van der Waals surface area contributed by atoms with E-state index in [0.29, 0.717) is 11.3 Å². The van der Waals surface area contributed by atoms with Crippen molar-refractivity contribution in [2.24, 2.45) is 0 Å². The van der Waals surface area contributed by atoms with Crippen LogP contribution in [0.25, 0.3) is 5.69 Å². The number of nitrogens with one attached hydrogen (secondary N) is 2. The van der Waals surface area contributed by atoms with Crippen LogP contribution in [0.5, 0.6) is 0 Å². The smallest absolute Gasteiger partial charge is 0.272 e. The van der Waals surface area contributed by atoms with Gasteiger partial charge in [0.05, 0.1) is 11.4 Å². The molecule has 0 fully saturated rings. The van der Waals surface area contributed by atoms with Gasteiger partial charge in [0.2, 0.25) is 10.0 Å². The molecule has 0 radical (unpaired) electrons. The van der Waals surface area contributed by atoms with E-state index in [-0.39, 0.29) is 23.6 Å². The fourth-order valence-electron chi connectivity index (χ4n) is 2.60. The average Bonchev–Trinajstić information content (AvgIpc) is 2.74. The Morgan fingerprint density at radius 2 is 1.62 bits per heavy atom. The summed E-state index contributed by atoms with van der Waals surface area (Å²) in [4.78, 5) is 24.5. The van der Waals surface area contributed by atoms with Crippen LogP contribution in [0.3, 0.4) is 0 Å². The highest BCUT2D eigenvalue weighted by Gasteiger charge is 2.11. The zero-order valence-electron chi connectivity index (χ0n) is 15.7. The number of rotatable bonds is 7. The van der Waals surface area contributed by atoms with Gasteiger partial charge in [0.15, 0.2) is 0 Å². The number of carbonyl (C=O) groups excluding carboxylic acids is 1. The second-order valence-corrected chi connectivity index (χ2v) is 8.19. The Morgan fingerprint density at radius 3 is 2.28 bits per heavy atom. The van der Waals surface area contributed by atoms with Gasteiger partial charge in [-0.05, 0) is 36.4 Å². The van der Waals surface area contributed by atoms with E-state index < -0.39 is 15.9 Å². The molecule has 0 aliphatic carbocycles. The molecule has 0 aliphatic heterocycles. The van der Waals surface area contributed by atoms with Crippen molar-refractivity contribution in [3.63, 3.8) is 0 Å². The Bertz CT molecular complexity index is 1160. The van der Waals surface area contributed by atoms with Crippen LogP contribution in [-0.4, -0.2) is 31.2 Å². The first kappa shape index (κ1) is 20.4. The third-order valence-corrected chi connectivity index (χ3v) is 5.51. The quantitative estimate of drug-likeness (QED) is 0.606. The summed E-state index contributed by atoms with van der Waals surface area (Å²) in [6.45, 7) is 0.240. The summed E-state index contributed by atoms with van der Waals surface area (Å²) in [6.07, 6.45) is 0. The molecule has 0 aliphatic rings. The molecule has 1 heterocycles. The van der Waals surface area contributed by atoms with Crippen LogP contribution in [0, 0.1) is 0 Å². The van der Waals surface area contributed by atoms with Gasteiger partial charge in [-0.3, -0.25) is 9.59 Å².